The van der Waals surface area contributed by atoms with E-state index in [2.05, 4.69) is 41.1 Å². The maximum absolute atomic E-state index is 12.0. The Bertz CT molecular complexity index is 479. The predicted molar refractivity (Wildman–Crippen MR) is 117 cm³/mol. The summed E-state index contributed by atoms with van der Waals surface area (Å²) in [6.07, 6.45) is 5.74. The lowest BCUT2D eigenvalue weighted by Gasteiger charge is -2.25. The van der Waals surface area contributed by atoms with Crippen molar-refractivity contribution in [1.29, 1.82) is 0 Å². The quantitative estimate of drug-likeness (QED) is 0.237. The Labute approximate surface area is 171 Å². The first-order chi connectivity index (χ1) is 11.3. The average molecular weight is 488 g/mol. The molecule has 1 unspecified atom stereocenters. The second-order valence-electron chi connectivity index (χ2n) is 7.24. The molecular formula is C17H37IN4O2S. The molecule has 0 aromatic carbocycles. The molecule has 1 saturated carbocycles. The number of hydrogen-bond donors (Lipinski definition) is 3. The number of hydrogen-bond acceptors (Lipinski definition) is 3. The van der Waals surface area contributed by atoms with E-state index < -0.39 is 10.0 Å². The maximum atomic E-state index is 12.0. The number of guanidine groups is 1. The fourth-order valence-corrected chi connectivity index (χ4v) is 3.47. The third kappa shape index (κ3) is 12.0. The molecule has 0 spiro atoms. The zero-order valence-electron chi connectivity index (χ0n) is 16.2. The molecule has 0 saturated heterocycles. The van der Waals surface area contributed by atoms with Gasteiger partial charge in [-0.25, -0.2) is 13.1 Å². The van der Waals surface area contributed by atoms with Gasteiger partial charge in [0.15, 0.2) is 5.96 Å². The monoisotopic (exact) mass is 488 g/mol. The van der Waals surface area contributed by atoms with Gasteiger partial charge < -0.3 is 10.6 Å². The number of nitrogens with zero attached hydrogens (tertiary/aromatic N) is 1. The van der Waals surface area contributed by atoms with Gasteiger partial charge in [-0.15, -0.1) is 24.0 Å². The molecule has 3 N–H and O–H groups in total. The topological polar surface area (TPSA) is 82.6 Å². The van der Waals surface area contributed by atoms with Crippen molar-refractivity contribution in [1.82, 2.24) is 15.4 Å². The largest absolute Gasteiger partial charge is 0.357 e. The van der Waals surface area contributed by atoms with Gasteiger partial charge in [0.25, 0.3) is 0 Å². The van der Waals surface area contributed by atoms with E-state index in [4.69, 9.17) is 0 Å². The van der Waals surface area contributed by atoms with E-state index in [1.54, 1.807) is 0 Å². The highest BCUT2D eigenvalue weighted by atomic mass is 127. The molecule has 8 heteroatoms. The fraction of sp³-hybridized carbons (Fsp3) is 0.941. The van der Waals surface area contributed by atoms with Crippen molar-refractivity contribution < 1.29 is 8.42 Å². The second-order valence-corrected chi connectivity index (χ2v) is 9.17. The summed E-state index contributed by atoms with van der Waals surface area (Å²) in [5, 5.41) is 6.53. The van der Waals surface area contributed by atoms with Crippen LogP contribution < -0.4 is 15.4 Å². The summed E-state index contributed by atoms with van der Waals surface area (Å²) < 4.78 is 26.7. The molecule has 1 atom stereocenters. The smallest absolute Gasteiger partial charge is 0.213 e. The van der Waals surface area contributed by atoms with E-state index in [1.165, 1.54) is 6.42 Å². The van der Waals surface area contributed by atoms with Crippen LogP contribution in [-0.4, -0.2) is 45.8 Å². The van der Waals surface area contributed by atoms with E-state index in [0.717, 1.165) is 32.2 Å². The van der Waals surface area contributed by atoms with Crippen molar-refractivity contribution in [3.05, 3.63) is 0 Å². The minimum atomic E-state index is -3.23. The molecule has 1 aliphatic carbocycles. The summed E-state index contributed by atoms with van der Waals surface area (Å²) in [6.45, 7) is 10.2. The lowest BCUT2D eigenvalue weighted by molar-refractivity contribution is 0.316. The number of aliphatic imine (C=N–C) groups is 1. The van der Waals surface area contributed by atoms with E-state index >= 15 is 0 Å². The summed E-state index contributed by atoms with van der Waals surface area (Å²) >= 11 is 0. The highest BCUT2D eigenvalue weighted by Gasteiger charge is 2.20. The van der Waals surface area contributed by atoms with E-state index in [-0.39, 0.29) is 36.3 Å². The Hall–Kier alpha value is -0.0900. The Morgan fingerprint density at radius 3 is 2.40 bits per heavy atom. The van der Waals surface area contributed by atoms with Crippen molar-refractivity contribution in [2.45, 2.75) is 65.8 Å². The molecule has 0 bridgehead atoms. The molecule has 0 aromatic rings. The predicted octanol–water partition coefficient (Wildman–Crippen LogP) is 2.70. The number of halogens is 1. The minimum absolute atomic E-state index is 0. The van der Waals surface area contributed by atoms with Gasteiger partial charge in [-0.3, -0.25) is 4.99 Å². The number of sulfonamides is 1. The molecular weight excluding hydrogens is 451 g/mol. The van der Waals surface area contributed by atoms with Crippen LogP contribution in [0.15, 0.2) is 4.99 Å². The molecule has 0 aliphatic heterocycles. The normalized spacial score (nSPS) is 16.9. The van der Waals surface area contributed by atoms with Gasteiger partial charge in [0.1, 0.15) is 0 Å². The standard InChI is InChI=1S/C17H36N4O2S.HI/c1-5-18-17(21-15(4)10-9-14(2)3)19-11-12-24(22,23)20-13-16-7-6-8-16;/h14-16,20H,5-13H2,1-4H3,(H2,18,19,21);1H. The van der Waals surface area contributed by atoms with Gasteiger partial charge in [-0.05, 0) is 51.4 Å². The van der Waals surface area contributed by atoms with Gasteiger partial charge in [-0.2, -0.15) is 0 Å². The Balaban J connectivity index is 0.00000576. The van der Waals surface area contributed by atoms with Crippen LogP contribution in [-0.2, 0) is 10.0 Å². The van der Waals surface area contributed by atoms with Crippen LogP contribution in [0, 0.1) is 11.8 Å². The van der Waals surface area contributed by atoms with Crippen molar-refractivity contribution in [2.75, 3.05) is 25.4 Å². The van der Waals surface area contributed by atoms with Crippen LogP contribution in [0.1, 0.15) is 59.8 Å². The van der Waals surface area contributed by atoms with Gasteiger partial charge >= 0.3 is 0 Å². The molecule has 1 aliphatic rings. The van der Waals surface area contributed by atoms with Gasteiger partial charge in [-0.1, -0.05) is 20.3 Å². The first kappa shape index (κ1) is 24.9. The molecule has 0 aromatic heterocycles. The summed E-state index contributed by atoms with van der Waals surface area (Å²) in [7, 11) is -3.23. The third-order valence-electron chi connectivity index (χ3n) is 4.35. The maximum Gasteiger partial charge on any atom is 0.213 e. The minimum Gasteiger partial charge on any atom is -0.357 e. The first-order valence-corrected chi connectivity index (χ1v) is 11.0. The SMILES string of the molecule is CCNC(=NCCS(=O)(=O)NCC1CCC1)NC(C)CCC(C)C.I. The van der Waals surface area contributed by atoms with E-state index in [0.29, 0.717) is 30.4 Å². The molecule has 150 valence electrons. The Kier molecular flexibility index (Phi) is 13.1. The van der Waals surface area contributed by atoms with Crippen LogP contribution in [0.25, 0.3) is 0 Å². The molecule has 1 fully saturated rings. The Morgan fingerprint density at radius 2 is 1.88 bits per heavy atom. The van der Waals surface area contributed by atoms with Crippen LogP contribution in [0.4, 0.5) is 0 Å². The third-order valence-corrected chi connectivity index (χ3v) is 5.68. The molecule has 6 nitrogen and oxygen atoms in total. The highest BCUT2D eigenvalue weighted by Crippen LogP contribution is 2.25. The van der Waals surface area contributed by atoms with Crippen LogP contribution in [0.2, 0.25) is 0 Å². The summed E-state index contributed by atoms with van der Waals surface area (Å²) in [5.74, 6) is 1.95. The van der Waals surface area contributed by atoms with Crippen molar-refractivity contribution in [3.63, 3.8) is 0 Å². The van der Waals surface area contributed by atoms with Crippen LogP contribution in [0.3, 0.4) is 0 Å². The van der Waals surface area contributed by atoms with Gasteiger partial charge in [0, 0.05) is 19.1 Å². The van der Waals surface area contributed by atoms with E-state index in [9.17, 15) is 8.42 Å². The zero-order valence-corrected chi connectivity index (χ0v) is 19.3. The molecule has 0 radical (unpaired) electrons. The highest BCUT2D eigenvalue weighted by molar-refractivity contribution is 14.0. The lowest BCUT2D eigenvalue weighted by Crippen LogP contribution is -2.42. The van der Waals surface area contributed by atoms with Crippen molar-refractivity contribution in [2.24, 2.45) is 16.8 Å². The fourth-order valence-electron chi connectivity index (χ4n) is 2.50. The van der Waals surface area contributed by atoms with E-state index in [1.807, 2.05) is 6.92 Å². The van der Waals surface area contributed by atoms with Gasteiger partial charge in [0.2, 0.25) is 10.0 Å². The lowest BCUT2D eigenvalue weighted by atomic mass is 9.86. The van der Waals surface area contributed by atoms with Crippen LogP contribution >= 0.6 is 24.0 Å². The second kappa shape index (κ2) is 13.1. The zero-order chi connectivity index (χ0) is 18.0. The Morgan fingerprint density at radius 1 is 1.20 bits per heavy atom. The first-order valence-electron chi connectivity index (χ1n) is 9.34. The molecule has 1 rings (SSSR count). The van der Waals surface area contributed by atoms with Crippen molar-refractivity contribution >= 4 is 40.0 Å². The van der Waals surface area contributed by atoms with Crippen molar-refractivity contribution in [3.8, 4) is 0 Å². The summed E-state index contributed by atoms with van der Waals surface area (Å²) in [5.41, 5.74) is 0. The molecule has 0 amide bonds. The average Bonchev–Trinajstić information content (AvgIpc) is 2.43. The summed E-state index contributed by atoms with van der Waals surface area (Å²) in [6, 6.07) is 0.318. The van der Waals surface area contributed by atoms with Crippen LogP contribution in [0.5, 0.6) is 0 Å². The molecule has 0 heterocycles. The molecule has 25 heavy (non-hydrogen) atoms. The summed E-state index contributed by atoms with van der Waals surface area (Å²) in [4.78, 5) is 4.40. The number of nitrogens with one attached hydrogen (secondary N) is 3. The van der Waals surface area contributed by atoms with Gasteiger partial charge in [0.05, 0.1) is 12.3 Å². The number of rotatable bonds is 11.